The van der Waals surface area contributed by atoms with Gasteiger partial charge in [0.2, 0.25) is 0 Å². The molecular weight excluding hydrogens is 316 g/mol. The summed E-state index contributed by atoms with van der Waals surface area (Å²) >= 11 is 0. The van der Waals surface area contributed by atoms with Crippen molar-refractivity contribution in [3.05, 3.63) is 48.0 Å². The molecule has 3 rings (SSSR count). The molecule has 1 fully saturated rings. The van der Waals surface area contributed by atoms with Crippen LogP contribution in [-0.2, 0) is 5.54 Å². The zero-order valence-electron chi connectivity index (χ0n) is 13.8. The fraction of sp³-hybridized carbons (Fsp3) is 0.333. The van der Waals surface area contributed by atoms with Gasteiger partial charge in [0.15, 0.2) is 0 Å². The van der Waals surface area contributed by atoms with Crippen LogP contribution in [0.15, 0.2) is 42.5 Å². The van der Waals surface area contributed by atoms with Gasteiger partial charge in [0.25, 0.3) is 6.43 Å². The van der Waals surface area contributed by atoms with Gasteiger partial charge in [0.1, 0.15) is 22.8 Å². The Bertz CT molecular complexity index is 721. The van der Waals surface area contributed by atoms with E-state index in [1.165, 1.54) is 14.2 Å². The van der Waals surface area contributed by atoms with E-state index in [0.29, 0.717) is 28.5 Å². The Morgan fingerprint density at radius 2 is 1.54 bits per heavy atom. The van der Waals surface area contributed by atoms with Crippen molar-refractivity contribution in [2.45, 2.75) is 12.0 Å². The second kappa shape index (κ2) is 6.19. The average molecular weight is 335 g/mol. The minimum atomic E-state index is -2.55. The van der Waals surface area contributed by atoms with Gasteiger partial charge in [-0.05, 0) is 36.4 Å². The highest BCUT2D eigenvalue weighted by Gasteiger charge is 2.62. The SMILES string of the molecule is COc1ccc(N2CC2(c2ccc(OC)cc2OC)C(F)F)cc1. The van der Waals surface area contributed by atoms with Gasteiger partial charge in [0, 0.05) is 17.3 Å². The molecule has 1 aliphatic heterocycles. The lowest BCUT2D eigenvalue weighted by Crippen LogP contribution is -2.26. The molecule has 2 aromatic carbocycles. The van der Waals surface area contributed by atoms with E-state index in [0.717, 1.165) is 0 Å². The zero-order valence-corrected chi connectivity index (χ0v) is 13.8. The maximum absolute atomic E-state index is 14.0. The predicted octanol–water partition coefficient (Wildman–Crippen LogP) is 3.69. The van der Waals surface area contributed by atoms with E-state index in [2.05, 4.69) is 0 Å². The Morgan fingerprint density at radius 1 is 0.917 bits per heavy atom. The van der Waals surface area contributed by atoms with E-state index in [1.54, 1.807) is 54.5 Å². The summed E-state index contributed by atoms with van der Waals surface area (Å²) in [5.74, 6) is 1.65. The molecule has 24 heavy (non-hydrogen) atoms. The quantitative estimate of drug-likeness (QED) is 0.753. The van der Waals surface area contributed by atoms with Crippen LogP contribution in [0.1, 0.15) is 5.56 Å². The molecule has 0 aliphatic carbocycles. The van der Waals surface area contributed by atoms with E-state index in [4.69, 9.17) is 14.2 Å². The standard InChI is InChI=1S/C18H19F2NO3/c1-22-13-6-4-12(5-7-13)21-11-18(21,17(19)20)15-9-8-14(23-2)10-16(15)24-3/h4-10,17H,11H2,1-3H3. The van der Waals surface area contributed by atoms with Crippen molar-refractivity contribution in [2.24, 2.45) is 0 Å². The van der Waals surface area contributed by atoms with E-state index >= 15 is 0 Å². The average Bonchev–Trinajstić information content (AvgIpc) is 3.38. The van der Waals surface area contributed by atoms with E-state index in [1.807, 2.05) is 0 Å². The van der Waals surface area contributed by atoms with Crippen LogP contribution in [0.4, 0.5) is 14.5 Å². The topological polar surface area (TPSA) is 30.7 Å². The molecule has 0 aromatic heterocycles. The first kappa shape index (κ1) is 16.4. The molecule has 0 amide bonds. The second-order valence-corrected chi connectivity index (χ2v) is 5.58. The van der Waals surface area contributed by atoms with Gasteiger partial charge in [-0.3, -0.25) is 0 Å². The molecular formula is C18H19F2NO3. The maximum Gasteiger partial charge on any atom is 0.267 e. The second-order valence-electron chi connectivity index (χ2n) is 5.58. The van der Waals surface area contributed by atoms with Crippen molar-refractivity contribution in [3.8, 4) is 17.2 Å². The minimum Gasteiger partial charge on any atom is -0.497 e. The third-order valence-electron chi connectivity index (χ3n) is 4.40. The lowest BCUT2D eigenvalue weighted by atomic mass is 9.97. The Labute approximate surface area is 139 Å². The molecule has 2 aromatic rings. The first-order valence-electron chi connectivity index (χ1n) is 7.49. The molecule has 1 heterocycles. The Kier molecular flexibility index (Phi) is 4.22. The number of benzene rings is 2. The van der Waals surface area contributed by atoms with E-state index in [9.17, 15) is 8.78 Å². The van der Waals surface area contributed by atoms with E-state index in [-0.39, 0.29) is 6.54 Å². The number of halogens is 2. The molecule has 1 atom stereocenters. The largest absolute Gasteiger partial charge is 0.497 e. The summed E-state index contributed by atoms with van der Waals surface area (Å²) in [6, 6.07) is 12.0. The molecule has 0 spiro atoms. The highest BCUT2D eigenvalue weighted by Crippen LogP contribution is 2.53. The molecule has 1 saturated heterocycles. The van der Waals surface area contributed by atoms with Gasteiger partial charge in [-0.15, -0.1) is 0 Å². The zero-order chi connectivity index (χ0) is 17.3. The highest BCUT2D eigenvalue weighted by atomic mass is 19.3. The van der Waals surface area contributed by atoms with Crippen molar-refractivity contribution in [1.82, 2.24) is 0 Å². The van der Waals surface area contributed by atoms with Crippen LogP contribution in [0, 0.1) is 0 Å². The summed E-state index contributed by atoms with van der Waals surface area (Å²) in [6.45, 7) is 0.222. The normalized spacial score (nSPS) is 19.3. The van der Waals surface area contributed by atoms with Crippen LogP contribution < -0.4 is 19.1 Å². The van der Waals surface area contributed by atoms with Crippen LogP contribution in [0.2, 0.25) is 0 Å². The highest BCUT2D eigenvalue weighted by molar-refractivity contribution is 5.65. The molecule has 0 N–H and O–H groups in total. The van der Waals surface area contributed by atoms with Crippen molar-refractivity contribution in [3.63, 3.8) is 0 Å². The van der Waals surface area contributed by atoms with Crippen LogP contribution in [0.3, 0.4) is 0 Å². The van der Waals surface area contributed by atoms with Crippen molar-refractivity contribution in [2.75, 3.05) is 32.8 Å². The van der Waals surface area contributed by atoms with Gasteiger partial charge in [0.05, 0.1) is 27.9 Å². The molecule has 1 aliphatic rings. The number of ether oxygens (including phenoxy) is 3. The number of nitrogens with zero attached hydrogens (tertiary/aromatic N) is 1. The monoisotopic (exact) mass is 335 g/mol. The predicted molar refractivity (Wildman–Crippen MR) is 87.6 cm³/mol. The maximum atomic E-state index is 14.0. The third-order valence-corrected chi connectivity index (χ3v) is 4.40. The smallest absolute Gasteiger partial charge is 0.267 e. The summed E-state index contributed by atoms with van der Waals surface area (Å²) in [5.41, 5.74) is -0.211. The summed E-state index contributed by atoms with van der Waals surface area (Å²) in [6.07, 6.45) is -2.55. The fourth-order valence-corrected chi connectivity index (χ4v) is 2.98. The molecule has 1 unspecified atom stereocenters. The van der Waals surface area contributed by atoms with Gasteiger partial charge < -0.3 is 19.1 Å². The van der Waals surface area contributed by atoms with Gasteiger partial charge in [-0.25, -0.2) is 8.78 Å². The number of alkyl halides is 2. The van der Waals surface area contributed by atoms with Crippen molar-refractivity contribution < 1.29 is 23.0 Å². The summed E-state index contributed by atoms with van der Waals surface area (Å²) in [7, 11) is 4.56. The molecule has 0 saturated carbocycles. The summed E-state index contributed by atoms with van der Waals surface area (Å²) in [5, 5.41) is 0. The number of hydrogen-bond donors (Lipinski definition) is 0. The third kappa shape index (κ3) is 2.52. The van der Waals surface area contributed by atoms with Gasteiger partial charge >= 0.3 is 0 Å². The lowest BCUT2D eigenvalue weighted by molar-refractivity contribution is 0.103. The molecule has 128 valence electrons. The number of methoxy groups -OCH3 is 3. The molecule has 0 radical (unpaired) electrons. The fourth-order valence-electron chi connectivity index (χ4n) is 2.98. The number of anilines is 1. The molecule has 6 heteroatoms. The van der Waals surface area contributed by atoms with Crippen LogP contribution in [0.25, 0.3) is 0 Å². The Morgan fingerprint density at radius 3 is 2.08 bits per heavy atom. The Hall–Kier alpha value is -2.50. The Balaban J connectivity index is 1.99. The van der Waals surface area contributed by atoms with Crippen LogP contribution in [0.5, 0.6) is 17.2 Å². The minimum absolute atomic E-state index is 0.222. The number of hydrogen-bond acceptors (Lipinski definition) is 4. The molecule has 0 bridgehead atoms. The van der Waals surface area contributed by atoms with Gasteiger partial charge in [-0.2, -0.15) is 0 Å². The first-order chi connectivity index (χ1) is 11.6. The summed E-state index contributed by atoms with van der Waals surface area (Å²) < 4.78 is 43.6. The van der Waals surface area contributed by atoms with Crippen molar-refractivity contribution >= 4 is 5.69 Å². The van der Waals surface area contributed by atoms with Crippen LogP contribution in [-0.4, -0.2) is 34.3 Å². The molecule has 4 nitrogen and oxygen atoms in total. The first-order valence-corrected chi connectivity index (χ1v) is 7.49. The number of rotatable bonds is 6. The van der Waals surface area contributed by atoms with E-state index < -0.39 is 12.0 Å². The summed E-state index contributed by atoms with van der Waals surface area (Å²) in [4.78, 5) is 1.67. The lowest BCUT2D eigenvalue weighted by Gasteiger charge is -2.21. The van der Waals surface area contributed by atoms with Crippen molar-refractivity contribution in [1.29, 1.82) is 0 Å². The van der Waals surface area contributed by atoms with Crippen LogP contribution >= 0.6 is 0 Å². The van der Waals surface area contributed by atoms with Gasteiger partial charge in [-0.1, -0.05) is 0 Å².